The number of hydrogen-bond donors (Lipinski definition) is 1. The number of aromatic nitrogens is 1. The highest BCUT2D eigenvalue weighted by Crippen LogP contribution is 2.35. The van der Waals surface area contributed by atoms with Crippen molar-refractivity contribution in [2.75, 3.05) is 5.43 Å². The monoisotopic (exact) mass is 352 g/mol. The van der Waals surface area contributed by atoms with Gasteiger partial charge in [-0.05, 0) is 12.1 Å². The molecular formula is C12H8Cl4N2O2. The fourth-order valence-electron chi connectivity index (χ4n) is 1.32. The zero-order chi connectivity index (χ0) is 13.8. The molecule has 0 fully saturated rings. The molecule has 2 aromatic rings. The summed E-state index contributed by atoms with van der Waals surface area (Å²) < 4.78 is 6.47. The molecule has 0 aliphatic rings. The first-order valence-electron chi connectivity index (χ1n) is 5.16. The van der Waals surface area contributed by atoms with Crippen LogP contribution in [-0.2, 0) is 0 Å². The van der Waals surface area contributed by atoms with E-state index in [9.17, 15) is 4.79 Å². The van der Waals surface area contributed by atoms with Crippen molar-refractivity contribution in [2.45, 2.75) is 0 Å². The first kappa shape index (κ1) is 16.9. The van der Waals surface area contributed by atoms with Crippen LogP contribution < -0.4 is 27.2 Å². The largest absolute Gasteiger partial charge is 1.00 e. The minimum absolute atomic E-state index is 0. The molecule has 0 atom stereocenters. The van der Waals surface area contributed by atoms with Crippen LogP contribution in [0.2, 0.25) is 15.1 Å². The lowest BCUT2D eigenvalue weighted by Crippen LogP contribution is -3.00. The number of halogens is 4. The van der Waals surface area contributed by atoms with Crippen molar-refractivity contribution < 1.29 is 26.6 Å². The van der Waals surface area contributed by atoms with Gasteiger partial charge in [0.1, 0.15) is 0 Å². The lowest BCUT2D eigenvalue weighted by Gasteiger charge is -2.07. The molecular weight excluding hydrogens is 346 g/mol. The van der Waals surface area contributed by atoms with Crippen LogP contribution in [-0.4, -0.2) is 6.09 Å². The summed E-state index contributed by atoms with van der Waals surface area (Å²) in [6, 6.07) is 8.20. The molecule has 0 bridgehead atoms. The van der Waals surface area contributed by atoms with Gasteiger partial charge in [0, 0.05) is 17.2 Å². The van der Waals surface area contributed by atoms with Crippen LogP contribution in [0.15, 0.2) is 42.7 Å². The van der Waals surface area contributed by atoms with E-state index in [2.05, 4.69) is 5.43 Å². The number of hydrogen-bond acceptors (Lipinski definition) is 2. The first-order valence-corrected chi connectivity index (χ1v) is 6.29. The van der Waals surface area contributed by atoms with Gasteiger partial charge in [0.2, 0.25) is 0 Å². The summed E-state index contributed by atoms with van der Waals surface area (Å²) in [6.45, 7) is 0. The minimum Gasteiger partial charge on any atom is -1.00 e. The first-order chi connectivity index (χ1) is 9.06. The molecule has 0 aliphatic carbocycles. The summed E-state index contributed by atoms with van der Waals surface area (Å²) in [7, 11) is 0. The third kappa shape index (κ3) is 4.42. The Morgan fingerprint density at radius 2 is 1.60 bits per heavy atom. The Morgan fingerprint density at radius 3 is 2.15 bits per heavy atom. The molecule has 20 heavy (non-hydrogen) atoms. The average molecular weight is 354 g/mol. The van der Waals surface area contributed by atoms with E-state index < -0.39 is 6.09 Å². The summed E-state index contributed by atoms with van der Waals surface area (Å²) >= 11 is 17.6. The van der Waals surface area contributed by atoms with Crippen LogP contribution in [0.4, 0.5) is 4.79 Å². The standard InChI is InChI=1S/C12H7Cl3N2O2.ClH/c13-8-6-9(14)11(10(15)7-8)19-12(18)16-17-4-2-1-3-5-17;/h1-7H;1H. The Labute approximate surface area is 136 Å². The normalized spacial score (nSPS) is 9.55. The van der Waals surface area contributed by atoms with Crippen LogP contribution in [0.1, 0.15) is 0 Å². The molecule has 0 radical (unpaired) electrons. The highest BCUT2D eigenvalue weighted by Gasteiger charge is 2.15. The highest BCUT2D eigenvalue weighted by molar-refractivity contribution is 6.40. The Hall–Kier alpha value is -1.20. The zero-order valence-electron chi connectivity index (χ0n) is 9.82. The van der Waals surface area contributed by atoms with E-state index in [0.29, 0.717) is 5.02 Å². The van der Waals surface area contributed by atoms with Crippen LogP contribution in [0.3, 0.4) is 0 Å². The molecule has 106 valence electrons. The van der Waals surface area contributed by atoms with Gasteiger partial charge < -0.3 is 17.1 Å². The van der Waals surface area contributed by atoms with E-state index in [1.165, 1.54) is 16.8 Å². The maximum absolute atomic E-state index is 11.7. The van der Waals surface area contributed by atoms with Gasteiger partial charge in [-0.3, -0.25) is 0 Å². The van der Waals surface area contributed by atoms with E-state index >= 15 is 0 Å². The van der Waals surface area contributed by atoms with Crippen LogP contribution >= 0.6 is 34.8 Å². The van der Waals surface area contributed by atoms with Crippen LogP contribution in [0.25, 0.3) is 0 Å². The molecule has 1 aromatic carbocycles. The molecule has 0 aliphatic heterocycles. The second kappa shape index (κ2) is 7.55. The topological polar surface area (TPSA) is 42.2 Å². The van der Waals surface area contributed by atoms with E-state index in [1.54, 1.807) is 24.5 Å². The lowest BCUT2D eigenvalue weighted by atomic mass is 10.3. The van der Waals surface area contributed by atoms with Gasteiger partial charge in [-0.25, -0.2) is 4.79 Å². The third-order valence-electron chi connectivity index (χ3n) is 2.09. The van der Waals surface area contributed by atoms with E-state index in [0.717, 1.165) is 0 Å². The number of rotatable bonds is 2. The van der Waals surface area contributed by atoms with Crippen molar-refractivity contribution in [3.8, 4) is 5.75 Å². The number of ether oxygens (including phenoxy) is 1. The summed E-state index contributed by atoms with van der Waals surface area (Å²) in [5.41, 5.74) is 2.46. The van der Waals surface area contributed by atoms with Crippen molar-refractivity contribution in [1.29, 1.82) is 0 Å². The number of carbonyl (C=O) groups is 1. The quantitative estimate of drug-likeness (QED) is 0.807. The highest BCUT2D eigenvalue weighted by atomic mass is 35.5. The molecule has 0 saturated heterocycles. The van der Waals surface area contributed by atoms with Gasteiger partial charge >= 0.3 is 6.09 Å². The summed E-state index contributed by atoms with van der Waals surface area (Å²) in [6.07, 6.45) is 2.57. The third-order valence-corrected chi connectivity index (χ3v) is 2.87. The molecule has 2 rings (SSSR count). The molecule has 1 heterocycles. The summed E-state index contributed by atoms with van der Waals surface area (Å²) in [5, 5.41) is 0.677. The van der Waals surface area contributed by atoms with Gasteiger partial charge in [0.15, 0.2) is 18.1 Å². The zero-order valence-corrected chi connectivity index (χ0v) is 12.8. The van der Waals surface area contributed by atoms with Gasteiger partial charge in [0.05, 0.1) is 10.0 Å². The van der Waals surface area contributed by atoms with Crippen molar-refractivity contribution in [3.05, 3.63) is 57.8 Å². The van der Waals surface area contributed by atoms with Crippen molar-refractivity contribution in [2.24, 2.45) is 0 Å². The molecule has 0 saturated carbocycles. The average Bonchev–Trinajstić information content (AvgIpc) is 2.35. The smallest absolute Gasteiger partial charge is 0.466 e. The van der Waals surface area contributed by atoms with Crippen molar-refractivity contribution >= 4 is 40.9 Å². The van der Waals surface area contributed by atoms with Crippen LogP contribution in [0, 0.1) is 0 Å². The van der Waals surface area contributed by atoms with Gasteiger partial charge in [-0.1, -0.05) is 51.0 Å². The fraction of sp³-hybridized carbons (Fsp3) is 0. The minimum atomic E-state index is -0.720. The maximum Gasteiger partial charge on any atom is 0.466 e. The molecule has 0 spiro atoms. The van der Waals surface area contributed by atoms with E-state index in [4.69, 9.17) is 39.5 Å². The van der Waals surface area contributed by atoms with Gasteiger partial charge in [0.25, 0.3) is 0 Å². The molecule has 1 aromatic heterocycles. The molecule has 8 heteroatoms. The molecule has 1 amide bonds. The number of pyridine rings is 1. The van der Waals surface area contributed by atoms with Crippen molar-refractivity contribution in [3.63, 3.8) is 0 Å². The Bertz CT molecular complexity index is 585. The van der Waals surface area contributed by atoms with Crippen LogP contribution in [0.5, 0.6) is 5.75 Å². The predicted octanol–water partition coefficient (Wildman–Crippen LogP) is 0.681. The Balaban J connectivity index is 0.00000200. The maximum atomic E-state index is 11.7. The lowest BCUT2D eigenvalue weighted by molar-refractivity contribution is -0.642. The number of carbonyl (C=O) groups excluding carboxylic acids is 1. The number of nitrogens with zero attached hydrogens (tertiary/aromatic N) is 1. The second-order valence-electron chi connectivity index (χ2n) is 3.48. The van der Waals surface area contributed by atoms with Gasteiger partial charge in [-0.2, -0.15) is 0 Å². The van der Waals surface area contributed by atoms with Gasteiger partial charge in [-0.15, -0.1) is 0 Å². The molecule has 0 unspecified atom stereocenters. The number of amides is 1. The molecule has 4 nitrogen and oxygen atoms in total. The van der Waals surface area contributed by atoms with Crippen molar-refractivity contribution in [1.82, 2.24) is 0 Å². The number of nitrogens with one attached hydrogen (secondary N) is 1. The fourth-order valence-corrected chi connectivity index (χ4v) is 2.21. The number of benzene rings is 1. The summed E-state index contributed by atoms with van der Waals surface area (Å²) in [5.74, 6) is 0.0572. The SMILES string of the molecule is O=C(N[n+]1ccccc1)Oc1c(Cl)cc(Cl)cc1Cl.[Cl-]. The van der Waals surface area contributed by atoms with E-state index in [1.807, 2.05) is 6.07 Å². The Morgan fingerprint density at radius 1 is 1.05 bits per heavy atom. The second-order valence-corrected chi connectivity index (χ2v) is 4.73. The van der Waals surface area contributed by atoms with E-state index in [-0.39, 0.29) is 28.2 Å². The Kier molecular flexibility index (Phi) is 6.36. The summed E-state index contributed by atoms with van der Waals surface area (Å²) in [4.78, 5) is 11.7. The molecule has 1 N–H and O–H groups in total. The predicted molar refractivity (Wildman–Crippen MR) is 73.5 cm³/mol.